The van der Waals surface area contributed by atoms with E-state index in [1.54, 1.807) is 26.2 Å². The summed E-state index contributed by atoms with van der Waals surface area (Å²) in [6, 6.07) is 23.8. The zero-order chi connectivity index (χ0) is 28.1. The molecular formula is C32H37N3O5. The summed E-state index contributed by atoms with van der Waals surface area (Å²) >= 11 is 0. The summed E-state index contributed by atoms with van der Waals surface area (Å²) in [7, 11) is 4.91. The molecule has 3 amide bonds. The summed E-state index contributed by atoms with van der Waals surface area (Å²) in [4.78, 5) is 33.0. The van der Waals surface area contributed by atoms with Gasteiger partial charge in [0.2, 0.25) is 0 Å². The number of nitrogens with zero attached hydrogens (tertiary/aromatic N) is 3. The molecule has 0 unspecified atom stereocenters. The minimum atomic E-state index is -0.860. The van der Waals surface area contributed by atoms with Gasteiger partial charge in [0, 0.05) is 38.9 Å². The van der Waals surface area contributed by atoms with E-state index >= 15 is 0 Å². The van der Waals surface area contributed by atoms with Gasteiger partial charge in [-0.15, -0.1) is 0 Å². The van der Waals surface area contributed by atoms with Crippen LogP contribution in [-0.2, 0) is 22.6 Å². The fraction of sp³-hybridized carbons (Fsp3) is 0.375. The highest BCUT2D eigenvalue weighted by Crippen LogP contribution is 2.39. The summed E-state index contributed by atoms with van der Waals surface area (Å²) in [5, 5.41) is 0. The van der Waals surface area contributed by atoms with Crippen molar-refractivity contribution in [2.45, 2.75) is 31.5 Å². The molecule has 0 atom stereocenters. The number of likely N-dealkylation sites (tertiary alicyclic amines) is 1. The lowest BCUT2D eigenvalue weighted by Crippen LogP contribution is -2.57. The average Bonchev–Trinajstić information content (AvgIpc) is 3.18. The van der Waals surface area contributed by atoms with Gasteiger partial charge in [-0.3, -0.25) is 14.6 Å². The number of benzene rings is 3. The molecule has 2 heterocycles. The molecule has 2 aliphatic rings. The van der Waals surface area contributed by atoms with Gasteiger partial charge in [-0.1, -0.05) is 48.5 Å². The van der Waals surface area contributed by atoms with Crippen LogP contribution in [0.3, 0.4) is 0 Å². The maximum atomic E-state index is 13.9. The van der Waals surface area contributed by atoms with Gasteiger partial charge in [-0.2, -0.15) is 0 Å². The number of carbonyl (C=O) groups excluding carboxylic acids is 2. The van der Waals surface area contributed by atoms with Crippen LogP contribution in [0.4, 0.5) is 4.79 Å². The maximum absolute atomic E-state index is 13.9. The van der Waals surface area contributed by atoms with Crippen molar-refractivity contribution in [1.82, 2.24) is 14.7 Å². The summed E-state index contributed by atoms with van der Waals surface area (Å²) in [5.41, 5.74) is 3.39. The van der Waals surface area contributed by atoms with Crippen molar-refractivity contribution in [2.75, 3.05) is 47.6 Å². The lowest BCUT2D eigenvalue weighted by molar-refractivity contribution is -0.136. The molecule has 2 aliphatic heterocycles. The first-order chi connectivity index (χ1) is 19.5. The van der Waals surface area contributed by atoms with Crippen LogP contribution in [0.2, 0.25) is 0 Å². The third-order valence-electron chi connectivity index (χ3n) is 8.08. The highest BCUT2D eigenvalue weighted by Gasteiger charge is 2.57. The summed E-state index contributed by atoms with van der Waals surface area (Å²) < 4.78 is 16.3. The van der Waals surface area contributed by atoms with Crippen LogP contribution in [0.1, 0.15) is 24.0 Å². The van der Waals surface area contributed by atoms with Crippen molar-refractivity contribution >= 4 is 11.9 Å². The van der Waals surface area contributed by atoms with Crippen molar-refractivity contribution in [2.24, 2.45) is 0 Å². The molecule has 0 aliphatic carbocycles. The number of urea groups is 1. The lowest BCUT2D eigenvalue weighted by Gasteiger charge is -2.42. The van der Waals surface area contributed by atoms with E-state index in [9.17, 15) is 9.59 Å². The number of hydrogen-bond acceptors (Lipinski definition) is 6. The molecule has 0 saturated carbocycles. The van der Waals surface area contributed by atoms with Crippen molar-refractivity contribution in [1.29, 1.82) is 0 Å². The number of hydrogen-bond donors (Lipinski definition) is 0. The molecular weight excluding hydrogens is 506 g/mol. The van der Waals surface area contributed by atoms with Crippen molar-refractivity contribution in [3.8, 4) is 22.6 Å². The second-order valence-electron chi connectivity index (χ2n) is 10.4. The Bertz CT molecular complexity index is 1340. The molecule has 2 fully saturated rings. The molecule has 0 aromatic heterocycles. The Morgan fingerprint density at radius 2 is 1.57 bits per heavy atom. The van der Waals surface area contributed by atoms with Crippen LogP contribution < -0.4 is 9.47 Å². The highest BCUT2D eigenvalue weighted by atomic mass is 16.5. The number of carbonyl (C=O) groups is 2. The van der Waals surface area contributed by atoms with Crippen molar-refractivity contribution in [3.63, 3.8) is 0 Å². The molecule has 0 radical (unpaired) electrons. The van der Waals surface area contributed by atoms with Gasteiger partial charge in [0.05, 0.1) is 27.4 Å². The molecule has 1 spiro atoms. The predicted octanol–water partition coefficient (Wildman–Crippen LogP) is 4.82. The smallest absolute Gasteiger partial charge is 0.328 e. The number of methoxy groups -OCH3 is 3. The summed E-state index contributed by atoms with van der Waals surface area (Å²) in [5.74, 6) is 1.42. The first-order valence-corrected chi connectivity index (χ1v) is 13.7. The van der Waals surface area contributed by atoms with E-state index in [1.165, 1.54) is 4.90 Å². The van der Waals surface area contributed by atoms with Crippen LogP contribution >= 0.6 is 0 Å². The Morgan fingerprint density at radius 1 is 0.800 bits per heavy atom. The van der Waals surface area contributed by atoms with E-state index in [1.807, 2.05) is 48.5 Å². The monoisotopic (exact) mass is 543 g/mol. The minimum Gasteiger partial charge on any atom is -0.497 e. The third-order valence-corrected chi connectivity index (χ3v) is 8.08. The van der Waals surface area contributed by atoms with E-state index < -0.39 is 5.54 Å². The molecule has 5 rings (SSSR count). The Hall–Kier alpha value is -3.88. The largest absolute Gasteiger partial charge is 0.497 e. The molecule has 2 saturated heterocycles. The summed E-state index contributed by atoms with van der Waals surface area (Å²) in [6.07, 6.45) is 1.13. The SMILES string of the molecule is COCCN1C(=O)N(Cc2cccc(OC)c2)C(=O)C12CCN(Cc1cc(-c3ccccc3)ccc1OC)CC2. The van der Waals surface area contributed by atoms with E-state index in [0.29, 0.717) is 51.4 Å². The number of ether oxygens (including phenoxy) is 3. The molecule has 0 bridgehead atoms. The Kier molecular flexibility index (Phi) is 8.38. The van der Waals surface area contributed by atoms with Gasteiger partial charge in [0.25, 0.3) is 5.91 Å². The van der Waals surface area contributed by atoms with Gasteiger partial charge in [-0.05, 0) is 53.8 Å². The van der Waals surface area contributed by atoms with E-state index in [-0.39, 0.29) is 18.5 Å². The number of rotatable bonds is 10. The van der Waals surface area contributed by atoms with Gasteiger partial charge in [0.15, 0.2) is 0 Å². The quantitative estimate of drug-likeness (QED) is 0.342. The normalized spacial score (nSPS) is 17.1. The zero-order valence-corrected chi connectivity index (χ0v) is 23.5. The second kappa shape index (κ2) is 12.1. The molecule has 8 heteroatoms. The Balaban J connectivity index is 1.34. The van der Waals surface area contributed by atoms with Crippen LogP contribution in [0.5, 0.6) is 11.5 Å². The van der Waals surface area contributed by atoms with E-state index in [4.69, 9.17) is 14.2 Å². The van der Waals surface area contributed by atoms with Gasteiger partial charge < -0.3 is 19.1 Å². The standard InChI is InChI=1S/C32H37N3O5/c1-38-19-18-35-31(37)34(22-24-8-7-11-28(20-24)39-2)30(36)32(35)14-16-33(17-15-32)23-27-21-26(12-13-29(27)40-3)25-9-5-4-6-10-25/h4-13,20-21H,14-19,22-23H2,1-3H3. The highest BCUT2D eigenvalue weighted by molar-refractivity contribution is 6.07. The third kappa shape index (κ3) is 5.42. The first-order valence-electron chi connectivity index (χ1n) is 13.7. The van der Waals surface area contributed by atoms with Crippen LogP contribution in [0, 0.1) is 0 Å². The fourth-order valence-electron chi connectivity index (χ4n) is 5.89. The van der Waals surface area contributed by atoms with Crippen LogP contribution in [-0.4, -0.2) is 79.7 Å². The van der Waals surface area contributed by atoms with Crippen molar-refractivity contribution in [3.05, 3.63) is 83.9 Å². The fourth-order valence-corrected chi connectivity index (χ4v) is 5.89. The Morgan fingerprint density at radius 3 is 2.27 bits per heavy atom. The predicted molar refractivity (Wildman–Crippen MR) is 153 cm³/mol. The maximum Gasteiger partial charge on any atom is 0.328 e. The lowest BCUT2D eigenvalue weighted by atomic mass is 9.85. The van der Waals surface area contributed by atoms with Gasteiger partial charge in [-0.25, -0.2) is 4.79 Å². The minimum absolute atomic E-state index is 0.125. The number of piperidine rings is 1. The van der Waals surface area contributed by atoms with E-state index in [0.717, 1.165) is 28.0 Å². The topological polar surface area (TPSA) is 71.6 Å². The second-order valence-corrected chi connectivity index (χ2v) is 10.4. The van der Waals surface area contributed by atoms with Gasteiger partial charge in [0.1, 0.15) is 17.0 Å². The first kappa shape index (κ1) is 27.7. The molecule has 8 nitrogen and oxygen atoms in total. The number of amides is 3. The van der Waals surface area contributed by atoms with Crippen LogP contribution in [0.25, 0.3) is 11.1 Å². The molecule has 210 valence electrons. The van der Waals surface area contributed by atoms with Crippen LogP contribution in [0.15, 0.2) is 72.8 Å². The molecule has 0 N–H and O–H groups in total. The number of imide groups is 1. The molecule has 40 heavy (non-hydrogen) atoms. The Labute approximate surface area is 236 Å². The van der Waals surface area contributed by atoms with Crippen molar-refractivity contribution < 1.29 is 23.8 Å². The zero-order valence-electron chi connectivity index (χ0n) is 23.5. The average molecular weight is 544 g/mol. The van der Waals surface area contributed by atoms with E-state index in [2.05, 4.69) is 29.2 Å². The molecule has 3 aromatic rings. The van der Waals surface area contributed by atoms with Gasteiger partial charge >= 0.3 is 6.03 Å². The summed E-state index contributed by atoms with van der Waals surface area (Å²) in [6.45, 7) is 3.05. The molecule has 3 aromatic carbocycles.